The van der Waals surface area contributed by atoms with Gasteiger partial charge in [0.2, 0.25) is 0 Å². The largest absolute Gasteiger partial charge is 0.459 e. The highest BCUT2D eigenvalue weighted by Crippen LogP contribution is 2.41. The molecule has 0 saturated heterocycles. The number of aryl methyl sites for hydroxylation is 2. The van der Waals surface area contributed by atoms with Crippen LogP contribution in [-0.2, 0) is 22.7 Å². The summed E-state index contributed by atoms with van der Waals surface area (Å²) in [4.78, 5) is 25.9. The molecule has 1 aliphatic carbocycles. The minimum atomic E-state index is -0.498. The zero-order valence-corrected chi connectivity index (χ0v) is 18.1. The summed E-state index contributed by atoms with van der Waals surface area (Å²) >= 11 is 0. The van der Waals surface area contributed by atoms with E-state index in [9.17, 15) is 9.59 Å². The number of rotatable bonds is 6. The normalized spacial score (nSPS) is 13.4. The van der Waals surface area contributed by atoms with E-state index in [4.69, 9.17) is 4.74 Å². The number of hydrogen-bond donors (Lipinski definition) is 0. The Balaban J connectivity index is 1.52. The molecule has 0 bridgehead atoms. The Labute approximate surface area is 185 Å². The van der Waals surface area contributed by atoms with Crippen molar-refractivity contribution in [2.45, 2.75) is 45.8 Å². The summed E-state index contributed by atoms with van der Waals surface area (Å²) in [5.74, 6) is -0.205. The van der Waals surface area contributed by atoms with Gasteiger partial charge >= 0.3 is 5.97 Å². The molecule has 0 atom stereocenters. The van der Waals surface area contributed by atoms with Crippen LogP contribution >= 0.6 is 0 Å². The molecule has 0 unspecified atom stereocenters. The Hall–Kier alpha value is -3.74. The molecule has 0 N–H and O–H groups in total. The number of ether oxygens (including phenoxy) is 1. The molecule has 162 valence electrons. The highest BCUT2D eigenvalue weighted by Gasteiger charge is 2.30. The molecule has 2 aromatic heterocycles. The molecule has 0 amide bonds. The third-order valence-corrected chi connectivity index (χ3v) is 5.78. The first-order valence-electron chi connectivity index (χ1n) is 10.8. The van der Waals surface area contributed by atoms with Crippen molar-refractivity contribution in [2.24, 2.45) is 0 Å². The highest BCUT2D eigenvalue weighted by atomic mass is 16.5. The van der Waals surface area contributed by atoms with Gasteiger partial charge < -0.3 is 4.74 Å². The van der Waals surface area contributed by atoms with Gasteiger partial charge in [0.05, 0.1) is 17.6 Å². The van der Waals surface area contributed by atoms with Crippen molar-refractivity contribution in [1.82, 2.24) is 19.6 Å². The van der Waals surface area contributed by atoms with E-state index in [0.717, 1.165) is 46.3 Å². The SMILES string of the molecule is Cc1ccc(-n2ncc3c(C4CC4)nn(CC(=O)OCc4ccccc4)c(=O)c32)c(C)c1. The summed E-state index contributed by atoms with van der Waals surface area (Å²) in [7, 11) is 0. The van der Waals surface area contributed by atoms with E-state index < -0.39 is 5.97 Å². The lowest BCUT2D eigenvalue weighted by Gasteiger charge is -2.11. The number of fused-ring (bicyclic) bond motifs is 1. The van der Waals surface area contributed by atoms with Crippen molar-refractivity contribution < 1.29 is 9.53 Å². The van der Waals surface area contributed by atoms with Gasteiger partial charge in [-0.1, -0.05) is 48.0 Å². The summed E-state index contributed by atoms with van der Waals surface area (Å²) < 4.78 is 8.28. The Kier molecular flexibility index (Phi) is 5.09. The molecule has 0 radical (unpaired) electrons. The maximum absolute atomic E-state index is 13.4. The average Bonchev–Trinajstić information content (AvgIpc) is 3.53. The molecule has 7 heteroatoms. The monoisotopic (exact) mass is 428 g/mol. The van der Waals surface area contributed by atoms with Gasteiger partial charge in [-0.25, -0.2) is 9.36 Å². The van der Waals surface area contributed by atoms with E-state index in [-0.39, 0.29) is 18.7 Å². The molecule has 2 aromatic carbocycles. The fourth-order valence-electron chi connectivity index (χ4n) is 3.99. The predicted octanol–water partition coefficient (Wildman–Crippen LogP) is 3.82. The van der Waals surface area contributed by atoms with Crippen LogP contribution in [0.25, 0.3) is 16.6 Å². The van der Waals surface area contributed by atoms with Gasteiger partial charge in [-0.15, -0.1) is 0 Å². The second-order valence-electron chi connectivity index (χ2n) is 8.38. The third-order valence-electron chi connectivity index (χ3n) is 5.78. The molecular weight excluding hydrogens is 404 g/mol. The Bertz CT molecular complexity index is 1370. The second kappa shape index (κ2) is 8.07. The molecule has 1 aliphatic rings. The van der Waals surface area contributed by atoms with Crippen molar-refractivity contribution in [3.05, 3.63) is 87.5 Å². The number of benzene rings is 2. The van der Waals surface area contributed by atoms with Gasteiger partial charge in [-0.05, 0) is 43.9 Å². The lowest BCUT2D eigenvalue weighted by atomic mass is 10.1. The van der Waals surface area contributed by atoms with Crippen LogP contribution in [-0.4, -0.2) is 25.5 Å². The number of aromatic nitrogens is 4. The van der Waals surface area contributed by atoms with Crippen molar-refractivity contribution >= 4 is 16.9 Å². The fourth-order valence-corrected chi connectivity index (χ4v) is 3.99. The lowest BCUT2D eigenvalue weighted by molar-refractivity contribution is -0.146. The van der Waals surface area contributed by atoms with E-state index >= 15 is 0 Å². The summed E-state index contributed by atoms with van der Waals surface area (Å²) in [5.41, 5.74) is 4.82. The molecule has 5 rings (SSSR count). The number of nitrogens with zero attached hydrogens (tertiary/aromatic N) is 4. The Morgan fingerprint density at radius 1 is 1.12 bits per heavy atom. The smallest absolute Gasteiger partial charge is 0.328 e. The first-order valence-corrected chi connectivity index (χ1v) is 10.8. The van der Waals surface area contributed by atoms with E-state index in [1.54, 1.807) is 10.9 Å². The molecule has 1 saturated carbocycles. The molecule has 0 spiro atoms. The van der Waals surface area contributed by atoms with Gasteiger partial charge in [-0.2, -0.15) is 10.2 Å². The van der Waals surface area contributed by atoms with Gasteiger partial charge in [0.25, 0.3) is 5.56 Å². The molecule has 0 aliphatic heterocycles. The van der Waals surface area contributed by atoms with Crippen LogP contribution in [0.15, 0.2) is 59.5 Å². The van der Waals surface area contributed by atoms with E-state index in [0.29, 0.717) is 11.4 Å². The van der Waals surface area contributed by atoms with E-state index in [2.05, 4.69) is 16.3 Å². The molecule has 32 heavy (non-hydrogen) atoms. The van der Waals surface area contributed by atoms with Gasteiger partial charge in [0, 0.05) is 11.3 Å². The quantitative estimate of drug-likeness (QED) is 0.436. The van der Waals surface area contributed by atoms with Crippen molar-refractivity contribution in [3.63, 3.8) is 0 Å². The zero-order valence-electron chi connectivity index (χ0n) is 18.1. The van der Waals surface area contributed by atoms with Gasteiger partial charge in [0.15, 0.2) is 0 Å². The third kappa shape index (κ3) is 3.82. The number of carbonyl (C=O) groups excluding carboxylic acids is 1. The molecule has 1 fully saturated rings. The highest BCUT2D eigenvalue weighted by molar-refractivity contribution is 5.83. The number of hydrogen-bond acceptors (Lipinski definition) is 5. The van der Waals surface area contributed by atoms with Crippen molar-refractivity contribution in [2.75, 3.05) is 0 Å². The Morgan fingerprint density at radius 3 is 2.62 bits per heavy atom. The minimum absolute atomic E-state index is 0.159. The number of esters is 1. The summed E-state index contributed by atoms with van der Waals surface area (Å²) in [6.45, 7) is 3.95. The van der Waals surface area contributed by atoms with Crippen LogP contribution in [0.5, 0.6) is 0 Å². The standard InChI is InChI=1S/C25H24N4O3/c1-16-8-11-21(17(2)12-16)29-24-20(13-26-29)23(19-9-10-19)27-28(25(24)31)14-22(30)32-15-18-6-4-3-5-7-18/h3-8,11-13,19H,9-10,14-15H2,1-2H3. The molecular formula is C25H24N4O3. The maximum atomic E-state index is 13.4. The van der Waals surface area contributed by atoms with Crippen LogP contribution in [0.2, 0.25) is 0 Å². The zero-order chi connectivity index (χ0) is 22.2. The fraction of sp³-hybridized carbons (Fsp3) is 0.280. The summed E-state index contributed by atoms with van der Waals surface area (Å²) in [6, 6.07) is 15.5. The summed E-state index contributed by atoms with van der Waals surface area (Å²) in [6.07, 6.45) is 3.76. The topological polar surface area (TPSA) is 79.0 Å². The first-order chi connectivity index (χ1) is 15.5. The Morgan fingerprint density at radius 2 is 1.91 bits per heavy atom. The van der Waals surface area contributed by atoms with Crippen molar-refractivity contribution in [3.8, 4) is 5.69 Å². The maximum Gasteiger partial charge on any atom is 0.328 e. The number of carbonyl (C=O) groups is 1. The predicted molar refractivity (Wildman–Crippen MR) is 121 cm³/mol. The molecule has 7 nitrogen and oxygen atoms in total. The average molecular weight is 428 g/mol. The van der Waals surface area contributed by atoms with Crippen LogP contribution in [0, 0.1) is 13.8 Å². The van der Waals surface area contributed by atoms with Crippen LogP contribution in [0.3, 0.4) is 0 Å². The first kappa shape index (κ1) is 20.2. The summed E-state index contributed by atoms with van der Waals surface area (Å²) in [5, 5.41) is 9.84. The molecule has 4 aromatic rings. The molecule has 2 heterocycles. The van der Waals surface area contributed by atoms with Crippen LogP contribution < -0.4 is 5.56 Å². The van der Waals surface area contributed by atoms with Crippen LogP contribution in [0.1, 0.15) is 41.1 Å². The van der Waals surface area contributed by atoms with Gasteiger partial charge in [-0.3, -0.25) is 9.59 Å². The van der Waals surface area contributed by atoms with Crippen LogP contribution in [0.4, 0.5) is 0 Å². The lowest BCUT2D eigenvalue weighted by Crippen LogP contribution is -2.30. The minimum Gasteiger partial charge on any atom is -0.459 e. The van der Waals surface area contributed by atoms with E-state index in [1.165, 1.54) is 4.68 Å². The second-order valence-corrected chi connectivity index (χ2v) is 8.38. The van der Waals surface area contributed by atoms with Gasteiger partial charge in [0.1, 0.15) is 18.7 Å². The van der Waals surface area contributed by atoms with E-state index in [1.807, 2.05) is 56.3 Å². The van der Waals surface area contributed by atoms with Crippen molar-refractivity contribution in [1.29, 1.82) is 0 Å².